The van der Waals surface area contributed by atoms with Gasteiger partial charge in [0.15, 0.2) is 0 Å². The van der Waals surface area contributed by atoms with Crippen LogP contribution in [0.3, 0.4) is 0 Å². The number of methoxy groups -OCH3 is 1. The summed E-state index contributed by atoms with van der Waals surface area (Å²) >= 11 is 1.63. The summed E-state index contributed by atoms with van der Waals surface area (Å²) in [5.74, 6) is -2.27. The molecule has 0 unspecified atom stereocenters. The number of thioether (sulfide) groups is 1. The van der Waals surface area contributed by atoms with Crippen molar-refractivity contribution in [2.75, 3.05) is 19.4 Å². The third-order valence-electron chi connectivity index (χ3n) is 3.66. The predicted octanol–water partition coefficient (Wildman–Crippen LogP) is -0.337. The number of aliphatic hydroxyl groups is 1. The number of hydrogen-bond donors (Lipinski definition) is 4. The zero-order valence-electron chi connectivity index (χ0n) is 14.5. The standard InChI is InChI=1S/C17H19N3O6S/c1-26-13(21)12(17(25)14(22)19-16(24)20-15(17)23)9-18-7-8-27-10-11-5-3-2-4-6-11/h2-6,9,18,25H,7-8,10H2,1H3,(H2,19,20,22,23,24)/b12-9+. The molecule has 1 heterocycles. The van der Waals surface area contributed by atoms with Crippen LogP contribution in [0.2, 0.25) is 0 Å². The van der Waals surface area contributed by atoms with E-state index >= 15 is 0 Å². The molecule has 1 aliphatic rings. The third kappa shape index (κ3) is 4.86. The molecule has 1 fully saturated rings. The number of esters is 1. The van der Waals surface area contributed by atoms with Crippen molar-refractivity contribution in [1.29, 1.82) is 0 Å². The summed E-state index contributed by atoms with van der Waals surface area (Å²) in [5, 5.41) is 16.7. The minimum atomic E-state index is -2.87. The number of nitrogens with one attached hydrogen (secondary N) is 3. The molecular formula is C17H19N3O6S. The molecule has 1 aliphatic heterocycles. The van der Waals surface area contributed by atoms with Crippen LogP contribution in [0.1, 0.15) is 5.56 Å². The van der Waals surface area contributed by atoms with Crippen molar-refractivity contribution in [3.63, 3.8) is 0 Å². The van der Waals surface area contributed by atoms with Gasteiger partial charge in [-0.25, -0.2) is 9.59 Å². The van der Waals surface area contributed by atoms with Gasteiger partial charge in [0, 0.05) is 24.3 Å². The lowest BCUT2D eigenvalue weighted by atomic mass is 9.90. The number of carbonyl (C=O) groups excluding carboxylic acids is 4. The largest absolute Gasteiger partial charge is 0.466 e. The normalized spacial score (nSPS) is 16.4. The van der Waals surface area contributed by atoms with Crippen molar-refractivity contribution < 1.29 is 29.0 Å². The number of amides is 4. The molecule has 1 aromatic rings. The van der Waals surface area contributed by atoms with E-state index in [-0.39, 0.29) is 0 Å². The number of rotatable bonds is 8. The summed E-state index contributed by atoms with van der Waals surface area (Å²) in [6, 6.07) is 8.77. The summed E-state index contributed by atoms with van der Waals surface area (Å²) in [4.78, 5) is 47.0. The van der Waals surface area contributed by atoms with Crippen LogP contribution in [0.5, 0.6) is 0 Å². The minimum Gasteiger partial charge on any atom is -0.466 e. The van der Waals surface area contributed by atoms with Crippen molar-refractivity contribution in [3.05, 3.63) is 47.7 Å². The lowest BCUT2D eigenvalue weighted by molar-refractivity contribution is -0.155. The first kappa shape index (κ1) is 20.5. The quantitative estimate of drug-likeness (QED) is 0.204. The molecule has 4 amide bonds. The van der Waals surface area contributed by atoms with E-state index in [0.29, 0.717) is 12.3 Å². The van der Waals surface area contributed by atoms with Crippen molar-refractivity contribution in [3.8, 4) is 0 Å². The first-order valence-corrected chi connectivity index (χ1v) is 9.08. The van der Waals surface area contributed by atoms with Crippen LogP contribution < -0.4 is 16.0 Å². The van der Waals surface area contributed by atoms with Crippen LogP contribution in [0.15, 0.2) is 42.1 Å². The van der Waals surface area contributed by atoms with Gasteiger partial charge in [0.05, 0.1) is 7.11 Å². The van der Waals surface area contributed by atoms with E-state index in [4.69, 9.17) is 0 Å². The molecule has 0 radical (unpaired) electrons. The number of ether oxygens (including phenoxy) is 1. The lowest BCUT2D eigenvalue weighted by Crippen LogP contribution is -2.68. The highest BCUT2D eigenvalue weighted by Gasteiger charge is 2.54. The highest BCUT2D eigenvalue weighted by atomic mass is 32.2. The van der Waals surface area contributed by atoms with Gasteiger partial charge in [0.25, 0.3) is 17.4 Å². The van der Waals surface area contributed by atoms with Crippen LogP contribution >= 0.6 is 11.8 Å². The molecule has 0 bridgehead atoms. The first-order valence-electron chi connectivity index (χ1n) is 7.92. The van der Waals surface area contributed by atoms with Crippen LogP contribution in [0.4, 0.5) is 4.79 Å². The van der Waals surface area contributed by atoms with Gasteiger partial charge < -0.3 is 15.2 Å². The highest BCUT2D eigenvalue weighted by molar-refractivity contribution is 7.98. The van der Waals surface area contributed by atoms with Gasteiger partial charge in [-0.05, 0) is 5.56 Å². The van der Waals surface area contributed by atoms with Gasteiger partial charge in [-0.3, -0.25) is 20.2 Å². The van der Waals surface area contributed by atoms with Gasteiger partial charge in [-0.15, -0.1) is 0 Å². The zero-order valence-corrected chi connectivity index (χ0v) is 15.3. The van der Waals surface area contributed by atoms with Crippen LogP contribution in [0.25, 0.3) is 0 Å². The molecule has 9 nitrogen and oxygen atoms in total. The Balaban J connectivity index is 1.99. The van der Waals surface area contributed by atoms with E-state index < -0.39 is 35.0 Å². The van der Waals surface area contributed by atoms with Crippen molar-refractivity contribution in [1.82, 2.24) is 16.0 Å². The topological polar surface area (TPSA) is 134 Å². The molecule has 0 saturated carbocycles. The second-order valence-electron chi connectivity index (χ2n) is 5.49. The number of imide groups is 2. The Morgan fingerprint density at radius 3 is 2.44 bits per heavy atom. The second kappa shape index (κ2) is 9.19. The predicted molar refractivity (Wildman–Crippen MR) is 97.3 cm³/mol. The van der Waals surface area contributed by atoms with Crippen molar-refractivity contribution in [2.24, 2.45) is 0 Å². The van der Waals surface area contributed by atoms with Gasteiger partial charge >= 0.3 is 12.0 Å². The maximum absolute atomic E-state index is 12.0. The average Bonchev–Trinajstić information content (AvgIpc) is 2.65. The van der Waals surface area contributed by atoms with Gasteiger partial charge in [0.1, 0.15) is 5.57 Å². The van der Waals surface area contributed by atoms with E-state index in [9.17, 15) is 24.3 Å². The monoisotopic (exact) mass is 393 g/mol. The molecule has 1 aromatic carbocycles. The van der Waals surface area contributed by atoms with Crippen LogP contribution in [0, 0.1) is 0 Å². The van der Waals surface area contributed by atoms with E-state index in [2.05, 4.69) is 10.1 Å². The highest BCUT2D eigenvalue weighted by Crippen LogP contribution is 2.21. The Morgan fingerprint density at radius 1 is 1.22 bits per heavy atom. The van der Waals surface area contributed by atoms with E-state index in [0.717, 1.165) is 19.1 Å². The Bertz CT molecular complexity index is 745. The lowest BCUT2D eigenvalue weighted by Gasteiger charge is -2.29. The molecule has 0 spiro atoms. The molecule has 144 valence electrons. The number of benzene rings is 1. The fourth-order valence-corrected chi connectivity index (χ4v) is 3.09. The Labute approximate surface area is 159 Å². The molecule has 27 heavy (non-hydrogen) atoms. The van der Waals surface area contributed by atoms with E-state index in [1.165, 1.54) is 5.56 Å². The molecular weight excluding hydrogens is 374 g/mol. The van der Waals surface area contributed by atoms with E-state index in [1.54, 1.807) is 22.4 Å². The molecule has 4 N–H and O–H groups in total. The summed E-state index contributed by atoms with van der Waals surface area (Å²) in [5.41, 5.74) is -2.33. The Kier molecular flexibility index (Phi) is 6.97. The number of hydrogen-bond acceptors (Lipinski definition) is 8. The molecule has 0 aliphatic carbocycles. The molecule has 2 rings (SSSR count). The summed E-state index contributed by atoms with van der Waals surface area (Å²) in [6.07, 6.45) is 1.05. The first-order chi connectivity index (χ1) is 12.9. The van der Waals surface area contributed by atoms with Gasteiger partial charge in [-0.2, -0.15) is 11.8 Å². The van der Waals surface area contributed by atoms with Crippen molar-refractivity contribution >= 4 is 35.6 Å². The number of barbiturate groups is 1. The molecule has 1 saturated heterocycles. The molecule has 0 aromatic heterocycles. The Hall–Kier alpha value is -2.85. The molecule has 10 heteroatoms. The van der Waals surface area contributed by atoms with Crippen LogP contribution in [-0.4, -0.2) is 53.9 Å². The fraction of sp³-hybridized carbons (Fsp3) is 0.294. The summed E-state index contributed by atoms with van der Waals surface area (Å²) < 4.78 is 4.53. The summed E-state index contributed by atoms with van der Waals surface area (Å²) in [7, 11) is 1.04. The number of urea groups is 1. The van der Waals surface area contributed by atoms with E-state index in [1.807, 2.05) is 30.3 Å². The maximum atomic E-state index is 12.0. The summed E-state index contributed by atoms with van der Waals surface area (Å²) in [6.45, 7) is 0.399. The Morgan fingerprint density at radius 2 is 1.85 bits per heavy atom. The SMILES string of the molecule is COC(=O)/C(=C\NCCSCc1ccccc1)C1(O)C(=O)NC(=O)NC1=O. The fourth-order valence-electron chi connectivity index (χ4n) is 2.26. The smallest absolute Gasteiger partial charge is 0.339 e. The third-order valence-corrected chi connectivity index (χ3v) is 4.69. The minimum absolute atomic E-state index is 0.399. The average molecular weight is 393 g/mol. The van der Waals surface area contributed by atoms with Gasteiger partial charge in [-0.1, -0.05) is 30.3 Å². The van der Waals surface area contributed by atoms with Gasteiger partial charge in [0.2, 0.25) is 0 Å². The zero-order chi connectivity index (χ0) is 19.9. The van der Waals surface area contributed by atoms with Crippen LogP contribution in [-0.2, 0) is 24.9 Å². The van der Waals surface area contributed by atoms with Crippen molar-refractivity contribution in [2.45, 2.75) is 11.4 Å². The second-order valence-corrected chi connectivity index (χ2v) is 6.59. The number of carbonyl (C=O) groups is 4. The molecule has 0 atom stereocenters. The maximum Gasteiger partial charge on any atom is 0.339 e.